The van der Waals surface area contributed by atoms with Crippen LogP contribution in [0.3, 0.4) is 0 Å². The van der Waals surface area contributed by atoms with E-state index in [2.05, 4.69) is 182 Å². The van der Waals surface area contributed by atoms with Gasteiger partial charge in [0.25, 0.3) is 0 Å². The van der Waals surface area contributed by atoms with Gasteiger partial charge in [0, 0.05) is 0 Å². The highest BCUT2D eigenvalue weighted by molar-refractivity contribution is 7.80. The molecule has 6 aromatic carbocycles. The minimum Gasteiger partial charge on any atom is -0.0622 e. The third kappa shape index (κ3) is 5.57. The molecule has 10 rings (SSSR count). The van der Waals surface area contributed by atoms with Crippen LogP contribution in [0.1, 0.15) is 22.3 Å². The Morgan fingerprint density at radius 1 is 0.286 bits per heavy atom. The highest BCUT2D eigenvalue weighted by Gasteiger charge is 2.21. The van der Waals surface area contributed by atoms with Crippen molar-refractivity contribution in [3.63, 3.8) is 0 Å². The Labute approximate surface area is 251 Å². The first-order chi connectivity index (χ1) is 20.8. The van der Waals surface area contributed by atoms with Crippen LogP contribution in [-0.4, -0.2) is 0 Å². The van der Waals surface area contributed by atoms with Crippen LogP contribution >= 0.6 is 15.8 Å². The molecule has 2 heteroatoms. The van der Waals surface area contributed by atoms with Gasteiger partial charge in [0.05, 0.1) is 0 Å². The maximum atomic E-state index is 2.41. The number of hydrogen-bond acceptors (Lipinski definition) is 0. The van der Waals surface area contributed by atoms with E-state index in [0.29, 0.717) is 0 Å². The van der Waals surface area contributed by atoms with E-state index in [0.717, 1.165) is 0 Å². The Kier molecular flexibility index (Phi) is 7.75. The van der Waals surface area contributed by atoms with E-state index in [-0.39, 0.29) is 0 Å². The van der Waals surface area contributed by atoms with Crippen molar-refractivity contribution in [1.82, 2.24) is 0 Å². The Hall–Kier alpha value is -4.34. The molecule has 0 aliphatic heterocycles. The lowest BCUT2D eigenvalue weighted by atomic mass is 10.0. The molecule has 0 spiro atoms. The van der Waals surface area contributed by atoms with Gasteiger partial charge in [-0.25, -0.2) is 0 Å². The summed E-state index contributed by atoms with van der Waals surface area (Å²) in [5.41, 5.74) is 4.98. The first-order valence-corrected chi connectivity index (χ1v) is 17.0. The van der Waals surface area contributed by atoms with Crippen LogP contribution in [0.5, 0.6) is 0 Å². The Morgan fingerprint density at radius 2 is 0.595 bits per heavy atom. The van der Waals surface area contributed by atoms with E-state index in [1.54, 1.807) is 0 Å². The summed E-state index contributed by atoms with van der Waals surface area (Å²) in [5, 5.41) is 8.22. The zero-order chi connectivity index (χ0) is 28.1. The molecular formula is C40H30P2. The second kappa shape index (κ2) is 12.3. The maximum absolute atomic E-state index is 2.41. The summed E-state index contributed by atoms with van der Waals surface area (Å²) in [6, 6.07) is 57.8. The van der Waals surface area contributed by atoms with Gasteiger partial charge in [-0.15, -0.1) is 0 Å². The predicted octanol–water partition coefficient (Wildman–Crippen LogP) is 7.86. The molecule has 0 saturated heterocycles. The number of rotatable bonds is 6. The lowest BCUT2D eigenvalue weighted by Crippen LogP contribution is -2.23. The summed E-state index contributed by atoms with van der Waals surface area (Å²) >= 11 is 0. The Bertz CT molecular complexity index is 1640. The highest BCUT2D eigenvalue weighted by Crippen LogP contribution is 2.37. The fourth-order valence-corrected chi connectivity index (χ4v) is 10.5. The van der Waals surface area contributed by atoms with E-state index in [1.165, 1.54) is 54.1 Å². The van der Waals surface area contributed by atoms with Gasteiger partial charge in [0.2, 0.25) is 0 Å². The lowest BCUT2D eigenvalue weighted by molar-refractivity contribution is 1.64. The first-order valence-electron chi connectivity index (χ1n) is 14.3. The summed E-state index contributed by atoms with van der Waals surface area (Å²) < 4.78 is 0. The Balaban J connectivity index is 1.38. The molecule has 4 aliphatic rings. The molecule has 0 heterocycles. The van der Waals surface area contributed by atoms with E-state index >= 15 is 0 Å². The van der Waals surface area contributed by atoms with Crippen molar-refractivity contribution in [3.8, 4) is 0 Å². The molecule has 0 atom stereocenters. The predicted molar refractivity (Wildman–Crippen MR) is 188 cm³/mol. The maximum Gasteiger partial charge on any atom is -0.00727 e. The standard InChI is InChI=1S/C40H30P2/c1-5-13-35(14-6-1)41(36-15-7-2-8-16-36)39-29-31-21-25-33(39)27-23-32-22-26-34(28-24-31)40(30-32)42(37-17-9-3-10-18-37)38-19-11-4-12-20-38/h1-30H/b27-23-,28-24-,31-24?,32-23?,33-27?,34-28?. The van der Waals surface area contributed by atoms with Crippen molar-refractivity contribution in [1.29, 1.82) is 0 Å². The highest BCUT2D eigenvalue weighted by atomic mass is 31.1. The first kappa shape index (κ1) is 26.6. The minimum atomic E-state index is -0.715. The van der Waals surface area contributed by atoms with Gasteiger partial charge in [-0.05, 0) is 82.1 Å². The fourth-order valence-electron chi connectivity index (χ4n) is 5.53. The Morgan fingerprint density at radius 3 is 0.905 bits per heavy atom. The smallest absolute Gasteiger partial charge is 0.00727 e. The van der Waals surface area contributed by atoms with Crippen LogP contribution in [-0.2, 0) is 0 Å². The molecule has 0 aromatic heterocycles. The normalized spacial score (nSPS) is 13.6. The van der Waals surface area contributed by atoms with E-state index in [4.69, 9.17) is 0 Å². The summed E-state index contributed by atoms with van der Waals surface area (Å²) in [6.07, 6.45) is 9.23. The molecule has 42 heavy (non-hydrogen) atoms. The summed E-state index contributed by atoms with van der Waals surface area (Å²) in [5.74, 6) is 0. The van der Waals surface area contributed by atoms with Crippen molar-refractivity contribution in [2.45, 2.75) is 0 Å². The largest absolute Gasteiger partial charge is 0.0622 e. The molecule has 200 valence electrons. The molecule has 4 bridgehead atoms. The summed E-state index contributed by atoms with van der Waals surface area (Å²) in [4.78, 5) is 0. The molecule has 0 amide bonds. The molecule has 0 radical (unpaired) electrons. The van der Waals surface area contributed by atoms with Crippen LogP contribution in [0.2, 0.25) is 0 Å². The van der Waals surface area contributed by atoms with Crippen molar-refractivity contribution in [2.75, 3.05) is 0 Å². The fraction of sp³-hybridized carbons (Fsp3) is 0. The molecule has 0 N–H and O–H groups in total. The topological polar surface area (TPSA) is 0 Å². The van der Waals surface area contributed by atoms with Gasteiger partial charge in [-0.1, -0.05) is 170 Å². The van der Waals surface area contributed by atoms with Crippen LogP contribution in [0.4, 0.5) is 0 Å². The zero-order valence-corrected chi connectivity index (χ0v) is 25.0. The molecule has 6 aromatic rings. The van der Waals surface area contributed by atoms with E-state index < -0.39 is 15.8 Å². The second-order valence-corrected chi connectivity index (χ2v) is 14.7. The van der Waals surface area contributed by atoms with Crippen molar-refractivity contribution in [3.05, 3.63) is 180 Å². The monoisotopic (exact) mass is 572 g/mol. The molecule has 0 fully saturated rings. The second-order valence-electron chi connectivity index (χ2n) is 10.3. The minimum absolute atomic E-state index is 0.715. The SMILES string of the molecule is C1=C\c2ccc(cc2P(c2ccccc2)c2ccccc2)/C=C\c2ccc/1cc2P(c1ccccc1)c1ccccc1. The lowest BCUT2D eigenvalue weighted by Gasteiger charge is -2.23. The van der Waals surface area contributed by atoms with Gasteiger partial charge < -0.3 is 0 Å². The van der Waals surface area contributed by atoms with E-state index in [1.807, 2.05) is 0 Å². The zero-order valence-electron chi connectivity index (χ0n) is 23.2. The molecular weight excluding hydrogens is 542 g/mol. The summed E-state index contributed by atoms with van der Waals surface area (Å²) in [6.45, 7) is 0. The van der Waals surface area contributed by atoms with Gasteiger partial charge in [0.15, 0.2) is 0 Å². The molecule has 0 unspecified atom stereocenters. The average Bonchev–Trinajstić information content (AvgIpc) is 3.05. The van der Waals surface area contributed by atoms with Gasteiger partial charge in [0.1, 0.15) is 0 Å². The van der Waals surface area contributed by atoms with Crippen LogP contribution in [0.15, 0.2) is 158 Å². The number of hydrogen-bond donors (Lipinski definition) is 0. The van der Waals surface area contributed by atoms with Gasteiger partial charge >= 0.3 is 0 Å². The van der Waals surface area contributed by atoms with Gasteiger partial charge in [-0.2, -0.15) is 0 Å². The van der Waals surface area contributed by atoms with Crippen molar-refractivity contribution >= 4 is 72.0 Å². The molecule has 4 aliphatic carbocycles. The van der Waals surface area contributed by atoms with Gasteiger partial charge in [-0.3, -0.25) is 0 Å². The van der Waals surface area contributed by atoms with Crippen molar-refractivity contribution in [2.24, 2.45) is 0 Å². The quantitative estimate of drug-likeness (QED) is 0.178. The van der Waals surface area contributed by atoms with Crippen LogP contribution < -0.4 is 31.8 Å². The van der Waals surface area contributed by atoms with Crippen LogP contribution in [0.25, 0.3) is 24.3 Å². The molecule has 0 saturated carbocycles. The van der Waals surface area contributed by atoms with Crippen LogP contribution in [0, 0.1) is 0 Å². The summed E-state index contributed by atoms with van der Waals surface area (Å²) in [7, 11) is -1.43. The third-order valence-corrected chi connectivity index (χ3v) is 12.6. The number of benzene rings is 6. The third-order valence-electron chi connectivity index (χ3n) is 7.56. The molecule has 0 nitrogen and oxygen atoms in total. The van der Waals surface area contributed by atoms with Crippen molar-refractivity contribution < 1.29 is 0 Å². The van der Waals surface area contributed by atoms with E-state index in [9.17, 15) is 0 Å². The average molecular weight is 573 g/mol.